The van der Waals surface area contributed by atoms with Crippen LogP contribution in [0.4, 0.5) is 0 Å². The summed E-state index contributed by atoms with van der Waals surface area (Å²) in [6.45, 7) is 0. The van der Waals surface area contributed by atoms with Crippen molar-refractivity contribution in [2.75, 3.05) is 7.11 Å². The average molecular weight is 383 g/mol. The summed E-state index contributed by atoms with van der Waals surface area (Å²) >= 11 is 3.38. The van der Waals surface area contributed by atoms with E-state index in [1.807, 2.05) is 48.5 Å². The minimum atomic E-state index is -0.415. The molecule has 3 nitrogen and oxygen atoms in total. The first kappa shape index (κ1) is 16.3. The SMILES string of the molecule is COc1ccc(C(=O)Oc2ccccc2-c2ccccc2)cc1Br. The van der Waals surface area contributed by atoms with Gasteiger partial charge in [-0.25, -0.2) is 4.79 Å². The molecule has 0 amide bonds. The largest absolute Gasteiger partial charge is 0.496 e. The summed E-state index contributed by atoms with van der Waals surface area (Å²) in [6.07, 6.45) is 0. The molecule has 0 heterocycles. The Labute approximate surface area is 149 Å². The van der Waals surface area contributed by atoms with Crippen molar-refractivity contribution < 1.29 is 14.3 Å². The van der Waals surface area contributed by atoms with Gasteiger partial charge in [0.25, 0.3) is 0 Å². The number of hydrogen-bond acceptors (Lipinski definition) is 3. The summed E-state index contributed by atoms with van der Waals surface area (Å²) in [5.41, 5.74) is 2.32. The van der Waals surface area contributed by atoms with E-state index in [1.165, 1.54) is 0 Å². The lowest BCUT2D eigenvalue weighted by Gasteiger charge is -2.11. The highest BCUT2D eigenvalue weighted by molar-refractivity contribution is 9.10. The number of esters is 1. The molecule has 0 aliphatic carbocycles. The highest BCUT2D eigenvalue weighted by atomic mass is 79.9. The van der Waals surface area contributed by atoms with Crippen molar-refractivity contribution in [3.8, 4) is 22.6 Å². The number of carbonyl (C=O) groups excluding carboxylic acids is 1. The van der Waals surface area contributed by atoms with E-state index in [2.05, 4.69) is 15.9 Å². The lowest BCUT2D eigenvalue weighted by atomic mass is 10.0. The molecular weight excluding hydrogens is 368 g/mol. The van der Waals surface area contributed by atoms with Gasteiger partial charge in [-0.15, -0.1) is 0 Å². The fraction of sp³-hybridized carbons (Fsp3) is 0.0500. The molecular formula is C20H15BrO3. The van der Waals surface area contributed by atoms with Crippen molar-refractivity contribution in [3.63, 3.8) is 0 Å². The number of methoxy groups -OCH3 is 1. The summed E-state index contributed by atoms with van der Waals surface area (Å²) in [5.74, 6) is 0.776. The van der Waals surface area contributed by atoms with Crippen molar-refractivity contribution in [1.82, 2.24) is 0 Å². The Morgan fingerprint density at radius 2 is 1.58 bits per heavy atom. The number of hydrogen-bond donors (Lipinski definition) is 0. The van der Waals surface area contributed by atoms with Gasteiger partial charge in [0.05, 0.1) is 17.1 Å². The second kappa shape index (κ2) is 7.32. The van der Waals surface area contributed by atoms with Crippen molar-refractivity contribution >= 4 is 21.9 Å². The molecule has 0 aliphatic rings. The number of halogens is 1. The molecule has 120 valence electrons. The summed E-state index contributed by atoms with van der Waals surface area (Å²) in [6, 6.07) is 22.4. The molecule has 4 heteroatoms. The highest BCUT2D eigenvalue weighted by Gasteiger charge is 2.14. The zero-order chi connectivity index (χ0) is 16.9. The van der Waals surface area contributed by atoms with Gasteiger partial charge in [-0.2, -0.15) is 0 Å². The molecule has 0 fully saturated rings. The smallest absolute Gasteiger partial charge is 0.343 e. The van der Waals surface area contributed by atoms with Crippen LogP contribution >= 0.6 is 15.9 Å². The molecule has 24 heavy (non-hydrogen) atoms. The van der Waals surface area contributed by atoms with Crippen LogP contribution in [0, 0.1) is 0 Å². The topological polar surface area (TPSA) is 35.5 Å². The molecule has 3 aromatic rings. The minimum absolute atomic E-state index is 0.415. The molecule has 0 saturated carbocycles. The van der Waals surface area contributed by atoms with E-state index in [1.54, 1.807) is 31.4 Å². The van der Waals surface area contributed by atoms with Gasteiger partial charge in [-0.1, -0.05) is 48.5 Å². The zero-order valence-corrected chi connectivity index (χ0v) is 14.6. The van der Waals surface area contributed by atoms with Crippen molar-refractivity contribution in [2.45, 2.75) is 0 Å². The van der Waals surface area contributed by atoms with E-state index in [0.717, 1.165) is 11.1 Å². The maximum atomic E-state index is 12.5. The lowest BCUT2D eigenvalue weighted by Crippen LogP contribution is -2.09. The first-order valence-electron chi connectivity index (χ1n) is 7.39. The van der Waals surface area contributed by atoms with Gasteiger partial charge in [-0.3, -0.25) is 0 Å². The van der Waals surface area contributed by atoms with E-state index >= 15 is 0 Å². The molecule has 0 saturated heterocycles. The molecule has 0 atom stereocenters. The second-order valence-corrected chi connectivity index (χ2v) is 5.96. The van der Waals surface area contributed by atoms with Crippen LogP contribution in [-0.2, 0) is 0 Å². The lowest BCUT2D eigenvalue weighted by molar-refractivity contribution is 0.0735. The standard InChI is InChI=1S/C20H15BrO3/c1-23-19-12-11-15(13-17(19)21)20(22)24-18-10-6-5-9-16(18)14-7-3-2-4-8-14/h2-13H,1H3. The third kappa shape index (κ3) is 3.49. The first-order valence-corrected chi connectivity index (χ1v) is 8.18. The van der Waals surface area contributed by atoms with Crippen LogP contribution in [0.5, 0.6) is 11.5 Å². The third-order valence-corrected chi connectivity index (χ3v) is 4.18. The van der Waals surface area contributed by atoms with Gasteiger partial charge in [0, 0.05) is 5.56 Å². The molecule has 0 unspecified atom stereocenters. The molecule has 0 bridgehead atoms. The third-order valence-electron chi connectivity index (χ3n) is 3.56. The van der Waals surface area contributed by atoms with E-state index in [-0.39, 0.29) is 0 Å². The monoisotopic (exact) mass is 382 g/mol. The van der Waals surface area contributed by atoms with Gasteiger partial charge in [0.1, 0.15) is 11.5 Å². The second-order valence-electron chi connectivity index (χ2n) is 5.10. The summed E-state index contributed by atoms with van der Waals surface area (Å²) in [4.78, 5) is 12.5. The fourth-order valence-electron chi connectivity index (χ4n) is 2.36. The van der Waals surface area contributed by atoms with Crippen LogP contribution < -0.4 is 9.47 Å². The zero-order valence-electron chi connectivity index (χ0n) is 13.0. The van der Waals surface area contributed by atoms with Gasteiger partial charge < -0.3 is 9.47 Å². The first-order chi connectivity index (χ1) is 11.7. The average Bonchev–Trinajstić information content (AvgIpc) is 2.63. The maximum Gasteiger partial charge on any atom is 0.343 e. The number of carbonyl (C=O) groups is 1. The van der Waals surface area contributed by atoms with E-state index < -0.39 is 5.97 Å². The Kier molecular flexibility index (Phi) is 4.96. The van der Waals surface area contributed by atoms with Crippen LogP contribution in [0.3, 0.4) is 0 Å². The Morgan fingerprint density at radius 3 is 2.29 bits per heavy atom. The van der Waals surface area contributed by atoms with Gasteiger partial charge >= 0.3 is 5.97 Å². The van der Waals surface area contributed by atoms with Crippen LogP contribution in [0.15, 0.2) is 77.3 Å². The van der Waals surface area contributed by atoms with Gasteiger partial charge in [0.2, 0.25) is 0 Å². The quantitative estimate of drug-likeness (QED) is 0.451. The predicted molar refractivity (Wildman–Crippen MR) is 97.5 cm³/mol. The molecule has 0 spiro atoms. The molecule has 0 radical (unpaired) electrons. The van der Waals surface area contributed by atoms with Crippen molar-refractivity contribution in [1.29, 1.82) is 0 Å². The van der Waals surface area contributed by atoms with E-state index in [9.17, 15) is 4.79 Å². The summed E-state index contributed by atoms with van der Waals surface area (Å²) < 4.78 is 11.5. The van der Waals surface area contributed by atoms with Crippen LogP contribution in [0.25, 0.3) is 11.1 Å². The van der Waals surface area contributed by atoms with Crippen molar-refractivity contribution in [3.05, 3.63) is 82.8 Å². The normalized spacial score (nSPS) is 10.2. The minimum Gasteiger partial charge on any atom is -0.496 e. The molecule has 0 aromatic heterocycles. The summed E-state index contributed by atoms with van der Waals surface area (Å²) in [5, 5.41) is 0. The number of benzene rings is 3. The Morgan fingerprint density at radius 1 is 0.875 bits per heavy atom. The van der Waals surface area contributed by atoms with Crippen LogP contribution in [-0.4, -0.2) is 13.1 Å². The Bertz CT molecular complexity index is 860. The maximum absolute atomic E-state index is 12.5. The molecule has 3 aromatic carbocycles. The van der Waals surface area contributed by atoms with Crippen molar-refractivity contribution in [2.24, 2.45) is 0 Å². The molecule has 0 N–H and O–H groups in total. The van der Waals surface area contributed by atoms with E-state index in [0.29, 0.717) is 21.5 Å². The number of rotatable bonds is 4. The molecule has 0 aliphatic heterocycles. The molecule has 3 rings (SSSR count). The van der Waals surface area contributed by atoms with E-state index in [4.69, 9.17) is 9.47 Å². The number of para-hydroxylation sites is 1. The van der Waals surface area contributed by atoms with Crippen LogP contribution in [0.2, 0.25) is 0 Å². The Balaban J connectivity index is 1.89. The highest BCUT2D eigenvalue weighted by Crippen LogP contribution is 2.31. The van der Waals surface area contributed by atoms with Gasteiger partial charge in [-0.05, 0) is 45.8 Å². The van der Waals surface area contributed by atoms with Crippen LogP contribution in [0.1, 0.15) is 10.4 Å². The number of ether oxygens (including phenoxy) is 2. The predicted octanol–water partition coefficient (Wildman–Crippen LogP) is 5.34. The summed E-state index contributed by atoms with van der Waals surface area (Å²) in [7, 11) is 1.58. The fourth-order valence-corrected chi connectivity index (χ4v) is 2.90. The Hall–Kier alpha value is -2.59. The van der Waals surface area contributed by atoms with Gasteiger partial charge in [0.15, 0.2) is 0 Å².